The van der Waals surface area contributed by atoms with Crippen LogP contribution in [0.25, 0.3) is 0 Å². The predicted molar refractivity (Wildman–Crippen MR) is 49.8 cm³/mol. The van der Waals surface area contributed by atoms with Crippen molar-refractivity contribution < 1.29 is 0 Å². The molecule has 0 N–H and O–H groups in total. The van der Waals surface area contributed by atoms with E-state index in [0.29, 0.717) is 0 Å². The second-order valence-corrected chi connectivity index (χ2v) is 3.70. The van der Waals surface area contributed by atoms with E-state index in [2.05, 4.69) is 38.7 Å². The number of hydrogen-bond donors (Lipinski definition) is 0. The summed E-state index contributed by atoms with van der Waals surface area (Å²) in [5, 5.41) is 1.47. The molecule has 0 saturated heterocycles. The minimum absolute atomic E-state index is 0.923. The monoisotopic (exact) mass is 152 g/mol. The van der Waals surface area contributed by atoms with Crippen molar-refractivity contribution in [2.24, 2.45) is 0 Å². The molecule has 0 amide bonds. The van der Waals surface area contributed by atoms with Gasteiger partial charge < -0.3 is 0 Å². The summed E-state index contributed by atoms with van der Waals surface area (Å²) in [6.45, 7) is 6.52. The van der Waals surface area contributed by atoms with Crippen LogP contribution in [0.2, 0.25) is 0 Å². The van der Waals surface area contributed by atoms with E-state index in [1.165, 1.54) is 16.4 Å². The molecule has 0 spiro atoms. The van der Waals surface area contributed by atoms with Gasteiger partial charge in [0.05, 0.1) is 0 Å². The summed E-state index contributed by atoms with van der Waals surface area (Å²) >= 11 is 0. The van der Waals surface area contributed by atoms with Crippen LogP contribution in [-0.2, 0) is 0 Å². The van der Waals surface area contributed by atoms with Crippen molar-refractivity contribution in [2.75, 3.05) is 6.66 Å². The first-order chi connectivity index (χ1) is 4.72. The normalized spacial score (nSPS) is 11.1. The molecule has 1 unspecified atom stereocenters. The number of aryl methyl sites for hydroxylation is 2. The van der Waals surface area contributed by atoms with E-state index in [-0.39, 0.29) is 0 Å². The van der Waals surface area contributed by atoms with Gasteiger partial charge in [0, 0.05) is 0 Å². The summed E-state index contributed by atoms with van der Waals surface area (Å²) in [6.07, 6.45) is 0. The van der Waals surface area contributed by atoms with E-state index < -0.39 is 0 Å². The molecule has 0 fully saturated rings. The zero-order chi connectivity index (χ0) is 7.56. The molecule has 0 aliphatic carbocycles. The van der Waals surface area contributed by atoms with Crippen molar-refractivity contribution in [1.82, 2.24) is 0 Å². The molecule has 1 atom stereocenters. The van der Waals surface area contributed by atoms with Crippen LogP contribution in [0.5, 0.6) is 0 Å². The lowest BCUT2D eigenvalue weighted by Crippen LogP contribution is -1.94. The van der Waals surface area contributed by atoms with Gasteiger partial charge in [-0.15, -0.1) is 0 Å². The Morgan fingerprint density at radius 3 is 1.90 bits per heavy atom. The van der Waals surface area contributed by atoms with Crippen molar-refractivity contribution >= 4 is 13.9 Å². The Balaban J connectivity index is 3.06. The molecule has 1 aromatic rings. The quantitative estimate of drug-likeness (QED) is 0.541. The highest BCUT2D eigenvalue weighted by molar-refractivity contribution is 7.46. The molecule has 0 nitrogen and oxygen atoms in total. The highest BCUT2D eigenvalue weighted by atomic mass is 31.1. The molecule has 0 aliphatic heterocycles. The Hall–Kier alpha value is -0.350. The van der Waals surface area contributed by atoms with E-state index in [9.17, 15) is 0 Å². The standard InChI is InChI=1S/C9H13P/c1-7-4-8(2)6-9(5-7)10-3/h4-6,10H,1-3H3. The third kappa shape index (κ3) is 1.82. The van der Waals surface area contributed by atoms with Crippen LogP contribution in [0.3, 0.4) is 0 Å². The van der Waals surface area contributed by atoms with E-state index in [4.69, 9.17) is 0 Å². The summed E-state index contributed by atoms with van der Waals surface area (Å²) in [6, 6.07) is 6.72. The van der Waals surface area contributed by atoms with Crippen LogP contribution < -0.4 is 5.30 Å². The molecular weight excluding hydrogens is 139 g/mol. The largest absolute Gasteiger partial charge is 0.0936 e. The summed E-state index contributed by atoms with van der Waals surface area (Å²) < 4.78 is 0. The fraction of sp³-hybridized carbons (Fsp3) is 0.333. The summed E-state index contributed by atoms with van der Waals surface area (Å²) in [5.41, 5.74) is 2.76. The maximum Gasteiger partial charge on any atom is -0.0269 e. The number of benzene rings is 1. The second-order valence-electron chi connectivity index (χ2n) is 2.63. The molecule has 0 aromatic heterocycles. The van der Waals surface area contributed by atoms with Gasteiger partial charge in [0.25, 0.3) is 0 Å². The van der Waals surface area contributed by atoms with Gasteiger partial charge in [0.15, 0.2) is 0 Å². The van der Waals surface area contributed by atoms with Crippen LogP contribution in [0, 0.1) is 13.8 Å². The molecule has 10 heavy (non-hydrogen) atoms. The van der Waals surface area contributed by atoms with Crippen LogP contribution >= 0.6 is 8.58 Å². The molecule has 0 radical (unpaired) electrons. The fourth-order valence-corrected chi connectivity index (χ4v) is 1.86. The Morgan fingerprint density at radius 2 is 1.50 bits per heavy atom. The Kier molecular flexibility index (Phi) is 2.45. The Morgan fingerprint density at radius 1 is 1.00 bits per heavy atom. The van der Waals surface area contributed by atoms with Gasteiger partial charge >= 0.3 is 0 Å². The number of hydrogen-bond acceptors (Lipinski definition) is 0. The summed E-state index contributed by atoms with van der Waals surface area (Å²) in [7, 11) is 0.923. The van der Waals surface area contributed by atoms with Gasteiger partial charge in [-0.25, -0.2) is 0 Å². The zero-order valence-corrected chi connectivity index (χ0v) is 7.73. The average molecular weight is 152 g/mol. The first kappa shape index (κ1) is 7.75. The molecule has 0 aliphatic rings. The third-order valence-electron chi connectivity index (χ3n) is 1.51. The van der Waals surface area contributed by atoms with Gasteiger partial charge in [-0.2, -0.15) is 0 Å². The van der Waals surface area contributed by atoms with Crippen LogP contribution in [0.4, 0.5) is 0 Å². The topological polar surface area (TPSA) is 0 Å². The molecule has 1 aromatic carbocycles. The van der Waals surface area contributed by atoms with Crippen molar-refractivity contribution in [3.63, 3.8) is 0 Å². The van der Waals surface area contributed by atoms with Crippen molar-refractivity contribution in [3.8, 4) is 0 Å². The predicted octanol–water partition coefficient (Wildman–Crippen LogP) is 2.24. The lowest BCUT2D eigenvalue weighted by Gasteiger charge is -2.00. The van der Waals surface area contributed by atoms with Crippen molar-refractivity contribution in [2.45, 2.75) is 13.8 Å². The minimum atomic E-state index is 0.923. The molecule has 0 saturated carbocycles. The SMILES string of the molecule is CPc1cc(C)cc(C)c1. The Bertz CT molecular complexity index is 208. The minimum Gasteiger partial charge on any atom is -0.0936 e. The first-order valence-electron chi connectivity index (χ1n) is 3.48. The highest BCUT2D eigenvalue weighted by Gasteiger charge is 1.91. The first-order valence-corrected chi connectivity index (χ1v) is 4.98. The van der Waals surface area contributed by atoms with E-state index in [0.717, 1.165) is 8.58 Å². The maximum absolute atomic E-state index is 2.26. The molecule has 1 rings (SSSR count). The lowest BCUT2D eigenvalue weighted by molar-refractivity contribution is 1.41. The molecule has 0 bridgehead atoms. The molecule has 0 heterocycles. The number of rotatable bonds is 1. The smallest absolute Gasteiger partial charge is 0.0269 e. The van der Waals surface area contributed by atoms with E-state index in [1.807, 2.05) is 0 Å². The summed E-state index contributed by atoms with van der Waals surface area (Å²) in [5.74, 6) is 0. The maximum atomic E-state index is 2.26. The van der Waals surface area contributed by atoms with Gasteiger partial charge in [-0.05, 0) is 25.8 Å². The van der Waals surface area contributed by atoms with Crippen LogP contribution in [0.1, 0.15) is 11.1 Å². The molecule has 1 heteroatoms. The van der Waals surface area contributed by atoms with Crippen LogP contribution in [-0.4, -0.2) is 6.66 Å². The highest BCUT2D eigenvalue weighted by Crippen LogP contribution is 2.08. The van der Waals surface area contributed by atoms with Crippen molar-refractivity contribution in [1.29, 1.82) is 0 Å². The van der Waals surface area contributed by atoms with Gasteiger partial charge in [-0.1, -0.05) is 37.9 Å². The Labute approximate surface area is 64.4 Å². The van der Waals surface area contributed by atoms with Gasteiger partial charge in [-0.3, -0.25) is 0 Å². The van der Waals surface area contributed by atoms with Crippen molar-refractivity contribution in [3.05, 3.63) is 29.3 Å². The zero-order valence-electron chi connectivity index (χ0n) is 6.73. The van der Waals surface area contributed by atoms with E-state index in [1.54, 1.807) is 0 Å². The average Bonchev–Trinajstić information content (AvgIpc) is 1.85. The lowest BCUT2D eigenvalue weighted by atomic mass is 10.2. The molecule has 54 valence electrons. The second kappa shape index (κ2) is 3.16. The van der Waals surface area contributed by atoms with Gasteiger partial charge in [0.1, 0.15) is 0 Å². The van der Waals surface area contributed by atoms with E-state index >= 15 is 0 Å². The third-order valence-corrected chi connectivity index (χ3v) is 2.38. The van der Waals surface area contributed by atoms with Crippen LogP contribution in [0.15, 0.2) is 18.2 Å². The molecular formula is C9H13P. The summed E-state index contributed by atoms with van der Waals surface area (Å²) in [4.78, 5) is 0. The van der Waals surface area contributed by atoms with Gasteiger partial charge in [0.2, 0.25) is 0 Å². The fourth-order valence-electron chi connectivity index (χ4n) is 1.12.